The maximum atomic E-state index is 2.52. The number of hydrogen-bond acceptors (Lipinski definition) is 0. The van der Waals surface area contributed by atoms with Crippen molar-refractivity contribution in [2.24, 2.45) is 59.6 Å². The minimum atomic E-state index is 0.125. The molecule has 0 spiro atoms. The van der Waals surface area contributed by atoms with Gasteiger partial charge in [0.1, 0.15) is 0 Å². The quantitative estimate of drug-likeness (QED) is 0.0673. The van der Waals surface area contributed by atoms with Crippen molar-refractivity contribution in [3.63, 3.8) is 0 Å². The Morgan fingerprint density at radius 3 is 0.797 bits per heavy atom. The summed E-state index contributed by atoms with van der Waals surface area (Å²) in [5.41, 5.74) is 29.6. The normalized spacial score (nSPS) is 18.1. The smallest absolute Gasteiger partial charge is 0.00189 e. The predicted molar refractivity (Wildman–Crippen MR) is 565 cm³/mol. The second-order valence-electron chi connectivity index (χ2n) is 48.1. The van der Waals surface area contributed by atoms with Gasteiger partial charge in [-0.3, -0.25) is 0 Å². The SMILES string of the molecule is Cc1ccccc1CC(C)(C)C(C)(C)C.Cc1ccccc1CC(C)(C)C(C)(C)c1ccccc1.Cc1ccccc1CC(C)(C)C1(C)CCCC1.Cc1ccccc1CC(C)(C)C1(C)CCCCC1.Cc1ccccc1C[C@](C)(c1ccccc1)C(C)(C)C.Cc1ccccc1C[C@](C)(c1ccccc1)C1(C)CCCC1.Cc1ccccc1C[C@]1(C)CCCC1(C)C. The lowest BCUT2D eigenvalue weighted by Crippen LogP contribution is -2.41. The van der Waals surface area contributed by atoms with Gasteiger partial charge in [-0.25, -0.2) is 0 Å². The molecule has 0 nitrogen and oxygen atoms in total. The van der Waals surface area contributed by atoms with Crippen molar-refractivity contribution in [2.45, 2.75) is 379 Å². The number of rotatable bonds is 21. The standard InChI is InChI=1S/C22H28.2C20H26.C18H28.C17H26.C16H24.C15H24/c1-18-11-7-8-12-19(18)17-22(3,20-13-5-4-6-14-20)21(2)15-9-10-16-21;1-16-11-9-10-12-17(16)15-19(2,3)20(4,5)18-13-7-6-8-14-18;1-16-11-9-10-12-17(16)15-20(5,19(2,3)4)18-13-7-6-8-14-18;1-15-10-6-7-11-16(15)14-17(2,3)18(4)12-8-5-9-13-18;1-14-9-5-6-10-15(14)13-16(2,3)17(4)11-7-8-12-17;1-13-8-5-6-9-14(13)12-16(4)11-7-10-15(16,2)3;1-12-9-7-8-10-13(12)11-15(5,6)14(2,3)4/h4-8,11-14H,9-10,15-17H2,1-3H3;2*6-14H,15H2,1-5H3;6-7,10-11H,5,8-9,12-14H2,1-4H3;5-6,9-10H,7-8,11-13H2,1-4H3;5-6,8-9H,7,10-12H2,1-4H3;7-10H,11H2,1-6H3/t22-;;20-;;;16-;/m1.1..0./s1. The highest BCUT2D eigenvalue weighted by Crippen LogP contribution is 2.58. The molecular weight excluding hydrogens is 1540 g/mol. The molecule has 0 saturated heterocycles. The average Bonchev–Trinajstić information content (AvgIpc) is 1.48. The largest absolute Gasteiger partial charge is 0.0622 e. The molecule has 0 aromatic heterocycles. The molecule has 0 amide bonds. The van der Waals surface area contributed by atoms with E-state index in [-0.39, 0.29) is 27.1 Å². The summed E-state index contributed by atoms with van der Waals surface area (Å²) in [5, 5.41) is 0. The Bertz CT molecular complexity index is 4970. The van der Waals surface area contributed by atoms with Crippen LogP contribution in [0.4, 0.5) is 0 Å². The van der Waals surface area contributed by atoms with Gasteiger partial charge in [-0.1, -0.05) is 478 Å². The summed E-state index contributed by atoms with van der Waals surface area (Å²) in [5.74, 6) is 0. The predicted octanol–water partition coefficient (Wildman–Crippen LogP) is 37.2. The van der Waals surface area contributed by atoms with E-state index >= 15 is 0 Å². The number of hydrogen-bond donors (Lipinski definition) is 0. The van der Waals surface area contributed by atoms with Crippen LogP contribution in [-0.4, -0.2) is 0 Å². The monoisotopic (exact) mass is 1720 g/mol. The van der Waals surface area contributed by atoms with Crippen molar-refractivity contribution in [1.29, 1.82) is 0 Å². The first kappa shape index (κ1) is 106. The first-order valence-electron chi connectivity index (χ1n) is 50.3. The molecule has 3 atom stereocenters. The van der Waals surface area contributed by atoms with Gasteiger partial charge in [0, 0.05) is 10.8 Å². The van der Waals surface area contributed by atoms with Crippen molar-refractivity contribution in [3.8, 4) is 0 Å². The second kappa shape index (κ2) is 44.6. The molecule has 4 aliphatic rings. The van der Waals surface area contributed by atoms with Gasteiger partial charge in [0.2, 0.25) is 0 Å². The Kier molecular flexibility index (Phi) is 36.8. The zero-order valence-corrected chi connectivity index (χ0v) is 87.6. The van der Waals surface area contributed by atoms with Crippen molar-refractivity contribution in [3.05, 3.63) is 355 Å². The van der Waals surface area contributed by atoms with Crippen LogP contribution < -0.4 is 0 Å². The zero-order chi connectivity index (χ0) is 94.5. The minimum Gasteiger partial charge on any atom is -0.0622 e. The van der Waals surface area contributed by atoms with Crippen LogP contribution in [0.15, 0.2) is 261 Å². The highest BCUT2D eigenvalue weighted by molar-refractivity contribution is 5.39. The third kappa shape index (κ3) is 27.0. The van der Waals surface area contributed by atoms with E-state index < -0.39 is 0 Å². The van der Waals surface area contributed by atoms with E-state index in [9.17, 15) is 0 Å². The summed E-state index contributed by atoms with van der Waals surface area (Å²) < 4.78 is 0. The van der Waals surface area contributed by atoms with E-state index in [0.717, 1.165) is 25.7 Å². The van der Waals surface area contributed by atoms with Crippen LogP contribution >= 0.6 is 0 Å². The molecule has 4 aliphatic carbocycles. The van der Waals surface area contributed by atoms with Gasteiger partial charge in [0.15, 0.2) is 0 Å². The summed E-state index contributed by atoms with van der Waals surface area (Å²) in [7, 11) is 0. The van der Waals surface area contributed by atoms with Gasteiger partial charge in [0.05, 0.1) is 0 Å². The Morgan fingerprint density at radius 1 is 0.219 bits per heavy atom. The molecule has 0 heteroatoms. The van der Waals surface area contributed by atoms with Crippen LogP contribution in [0.2, 0.25) is 0 Å². The van der Waals surface area contributed by atoms with Crippen LogP contribution in [-0.2, 0) is 61.2 Å². The van der Waals surface area contributed by atoms with Gasteiger partial charge < -0.3 is 0 Å². The summed E-state index contributed by atoms with van der Waals surface area (Å²) in [6, 6.07) is 94.7. The molecule has 128 heavy (non-hydrogen) atoms. The Balaban J connectivity index is 0.000000185. The average molecular weight is 1720 g/mol. The summed E-state index contributed by atoms with van der Waals surface area (Å²) >= 11 is 0. The topological polar surface area (TPSA) is 0 Å². The molecule has 4 fully saturated rings. The summed E-state index contributed by atoms with van der Waals surface area (Å²) in [6.45, 7) is 73.5. The molecule has 694 valence electrons. The van der Waals surface area contributed by atoms with Crippen LogP contribution in [0.5, 0.6) is 0 Å². The van der Waals surface area contributed by atoms with E-state index in [1.165, 1.54) is 211 Å². The third-order valence-corrected chi connectivity index (χ3v) is 35.9. The summed E-state index contributed by atoms with van der Waals surface area (Å²) in [6.07, 6.45) is 30.6. The first-order chi connectivity index (χ1) is 59.8. The van der Waals surface area contributed by atoms with E-state index in [4.69, 9.17) is 0 Å². The van der Waals surface area contributed by atoms with E-state index in [2.05, 4.69) is 475 Å². The molecule has 0 bridgehead atoms. The molecule has 14 rings (SSSR count). The molecule has 0 radical (unpaired) electrons. The fourth-order valence-electron chi connectivity index (χ4n) is 21.4. The molecule has 0 aliphatic heterocycles. The highest BCUT2D eigenvalue weighted by atomic mass is 14.5. The third-order valence-electron chi connectivity index (χ3n) is 35.9. The van der Waals surface area contributed by atoms with Gasteiger partial charge in [0.25, 0.3) is 0 Å². The lowest BCUT2D eigenvalue weighted by molar-refractivity contribution is 0.0439. The number of benzene rings is 10. The van der Waals surface area contributed by atoms with Crippen LogP contribution in [0.3, 0.4) is 0 Å². The van der Waals surface area contributed by atoms with Crippen LogP contribution in [0.25, 0.3) is 0 Å². The Morgan fingerprint density at radius 2 is 0.484 bits per heavy atom. The van der Waals surface area contributed by atoms with Crippen molar-refractivity contribution in [2.75, 3.05) is 0 Å². The fraction of sp³-hybridized carbons (Fsp3) is 0.531. The number of aryl methyl sites for hydroxylation is 7. The van der Waals surface area contributed by atoms with E-state index in [1.807, 2.05) is 0 Å². The van der Waals surface area contributed by atoms with Crippen LogP contribution in [0, 0.1) is 108 Å². The van der Waals surface area contributed by atoms with Crippen molar-refractivity contribution in [1.82, 2.24) is 0 Å². The van der Waals surface area contributed by atoms with Crippen molar-refractivity contribution < 1.29 is 0 Å². The minimum absolute atomic E-state index is 0.125. The Hall–Kier alpha value is -7.80. The van der Waals surface area contributed by atoms with Gasteiger partial charge in [-0.15, -0.1) is 0 Å². The van der Waals surface area contributed by atoms with Gasteiger partial charge >= 0.3 is 0 Å². The second-order valence-corrected chi connectivity index (χ2v) is 48.1. The lowest BCUT2D eigenvalue weighted by atomic mass is 9.58. The van der Waals surface area contributed by atoms with Crippen molar-refractivity contribution >= 4 is 0 Å². The maximum absolute atomic E-state index is 2.52. The molecule has 10 aromatic rings. The fourth-order valence-corrected chi connectivity index (χ4v) is 21.4. The maximum Gasteiger partial charge on any atom is 0.00189 e. The highest BCUT2D eigenvalue weighted by Gasteiger charge is 2.49. The first-order valence-corrected chi connectivity index (χ1v) is 50.3. The molecule has 0 heterocycles. The lowest BCUT2D eigenvalue weighted by Gasteiger charge is -2.47. The van der Waals surface area contributed by atoms with E-state index in [0.29, 0.717) is 48.7 Å². The zero-order valence-electron chi connectivity index (χ0n) is 87.6. The molecular formula is C128H182. The van der Waals surface area contributed by atoms with E-state index in [1.54, 1.807) is 5.56 Å². The summed E-state index contributed by atoms with van der Waals surface area (Å²) in [4.78, 5) is 0. The van der Waals surface area contributed by atoms with Gasteiger partial charge in [-0.05, 0) is 304 Å². The van der Waals surface area contributed by atoms with Crippen LogP contribution in [0.1, 0.15) is 363 Å². The molecule has 0 unspecified atom stereocenters. The Labute approximate surface area is 788 Å². The van der Waals surface area contributed by atoms with Gasteiger partial charge in [-0.2, -0.15) is 0 Å². The molecule has 4 saturated carbocycles. The molecule has 10 aromatic carbocycles. The molecule has 0 N–H and O–H groups in total.